The van der Waals surface area contributed by atoms with Gasteiger partial charge in [-0.3, -0.25) is 9.59 Å². The Bertz CT molecular complexity index is 651. The third-order valence-corrected chi connectivity index (χ3v) is 4.62. The van der Waals surface area contributed by atoms with Gasteiger partial charge in [0, 0.05) is 23.5 Å². The van der Waals surface area contributed by atoms with E-state index in [1.165, 1.54) is 10.4 Å². The average Bonchev–Trinajstić information content (AvgIpc) is 3.00. The number of amides is 2. The van der Waals surface area contributed by atoms with Crippen molar-refractivity contribution in [2.45, 2.75) is 13.0 Å². The molecule has 0 unspecified atom stereocenters. The van der Waals surface area contributed by atoms with Crippen molar-refractivity contribution in [1.29, 1.82) is 0 Å². The summed E-state index contributed by atoms with van der Waals surface area (Å²) in [5, 5.41) is 4.75. The fourth-order valence-corrected chi connectivity index (χ4v) is 3.31. The van der Waals surface area contributed by atoms with Gasteiger partial charge >= 0.3 is 0 Å². The lowest BCUT2D eigenvalue weighted by molar-refractivity contribution is -0.131. The van der Waals surface area contributed by atoms with E-state index >= 15 is 0 Å². The van der Waals surface area contributed by atoms with Crippen LogP contribution in [-0.2, 0) is 17.8 Å². The van der Waals surface area contributed by atoms with Gasteiger partial charge in [0.1, 0.15) is 0 Å². The molecule has 0 saturated carbocycles. The Kier molecular flexibility index (Phi) is 4.01. The Balaban J connectivity index is 1.54. The van der Waals surface area contributed by atoms with E-state index in [2.05, 4.69) is 16.8 Å². The quantitative estimate of drug-likeness (QED) is 0.943. The number of carbonyl (C=O) groups is 2. The molecule has 0 spiro atoms. The van der Waals surface area contributed by atoms with E-state index in [-0.39, 0.29) is 18.4 Å². The van der Waals surface area contributed by atoms with Gasteiger partial charge in [-0.2, -0.15) is 0 Å². The second kappa shape index (κ2) is 6.10. The van der Waals surface area contributed by atoms with Crippen LogP contribution in [0.5, 0.6) is 0 Å². The maximum absolute atomic E-state index is 12.2. The molecule has 0 saturated heterocycles. The normalized spacial score (nSPS) is 13.6. The zero-order chi connectivity index (χ0) is 14.7. The van der Waals surface area contributed by atoms with Gasteiger partial charge < -0.3 is 10.2 Å². The molecule has 5 heteroatoms. The third kappa shape index (κ3) is 3.13. The summed E-state index contributed by atoms with van der Waals surface area (Å²) in [4.78, 5) is 27.3. The van der Waals surface area contributed by atoms with E-state index in [0.29, 0.717) is 12.1 Å². The minimum Gasteiger partial charge on any atom is -0.343 e. The first-order valence-electron chi connectivity index (χ1n) is 6.90. The molecule has 4 nitrogen and oxygen atoms in total. The van der Waals surface area contributed by atoms with Crippen LogP contribution in [0.4, 0.5) is 0 Å². The van der Waals surface area contributed by atoms with Crippen LogP contribution in [0.2, 0.25) is 0 Å². The van der Waals surface area contributed by atoms with Gasteiger partial charge in [0.15, 0.2) is 0 Å². The molecule has 108 valence electrons. The molecule has 2 amide bonds. The van der Waals surface area contributed by atoms with Crippen LogP contribution >= 0.6 is 11.3 Å². The third-order valence-electron chi connectivity index (χ3n) is 3.60. The first kappa shape index (κ1) is 13.8. The van der Waals surface area contributed by atoms with Crippen molar-refractivity contribution in [3.05, 3.63) is 57.8 Å². The van der Waals surface area contributed by atoms with E-state index in [4.69, 9.17) is 0 Å². The number of carbonyl (C=O) groups excluding carboxylic acids is 2. The van der Waals surface area contributed by atoms with Gasteiger partial charge in [0.05, 0.1) is 6.54 Å². The molecule has 1 aliphatic rings. The van der Waals surface area contributed by atoms with Crippen LogP contribution in [0.15, 0.2) is 41.8 Å². The minimum absolute atomic E-state index is 0.0314. The highest BCUT2D eigenvalue weighted by atomic mass is 32.1. The standard InChI is InChI=1S/C16H16N2O2S/c19-15(10-17-16(20)12-4-2-1-3-5-12)18-8-6-14-13(11-18)7-9-21-14/h1-5,7,9H,6,8,10-11H2,(H,17,20). The highest BCUT2D eigenvalue weighted by molar-refractivity contribution is 7.10. The Morgan fingerprint density at radius 1 is 1.19 bits per heavy atom. The summed E-state index contributed by atoms with van der Waals surface area (Å²) in [7, 11) is 0. The number of thiophene rings is 1. The summed E-state index contributed by atoms with van der Waals surface area (Å²) in [6.45, 7) is 1.43. The van der Waals surface area contributed by atoms with Gasteiger partial charge in [-0.05, 0) is 35.6 Å². The first-order chi connectivity index (χ1) is 10.2. The predicted molar refractivity (Wildman–Crippen MR) is 82.2 cm³/mol. The summed E-state index contributed by atoms with van der Waals surface area (Å²) >= 11 is 1.75. The highest BCUT2D eigenvalue weighted by Crippen LogP contribution is 2.23. The number of nitrogens with one attached hydrogen (secondary N) is 1. The Morgan fingerprint density at radius 2 is 2.00 bits per heavy atom. The number of fused-ring (bicyclic) bond motifs is 1. The summed E-state index contributed by atoms with van der Waals surface area (Å²) in [5.74, 6) is -0.242. The van der Waals surface area contributed by atoms with Crippen molar-refractivity contribution < 1.29 is 9.59 Å². The molecule has 2 heterocycles. The number of rotatable bonds is 3. The molecule has 21 heavy (non-hydrogen) atoms. The van der Waals surface area contributed by atoms with Crippen LogP contribution in [0.25, 0.3) is 0 Å². The monoisotopic (exact) mass is 300 g/mol. The Labute approximate surface area is 127 Å². The van der Waals surface area contributed by atoms with E-state index in [9.17, 15) is 9.59 Å². The van der Waals surface area contributed by atoms with E-state index in [0.717, 1.165) is 13.0 Å². The Hall–Kier alpha value is -2.14. The molecule has 1 aromatic heterocycles. The molecule has 0 atom stereocenters. The summed E-state index contributed by atoms with van der Waals surface area (Å²) in [6, 6.07) is 11.0. The van der Waals surface area contributed by atoms with Crippen molar-refractivity contribution in [3.8, 4) is 0 Å². The van der Waals surface area contributed by atoms with Crippen molar-refractivity contribution in [2.75, 3.05) is 13.1 Å². The maximum atomic E-state index is 12.2. The zero-order valence-electron chi connectivity index (χ0n) is 11.5. The predicted octanol–water partition coefficient (Wildman–Crippen LogP) is 2.06. The fraction of sp³-hybridized carbons (Fsp3) is 0.250. The summed E-state index contributed by atoms with van der Waals surface area (Å²) in [6.07, 6.45) is 0.908. The Morgan fingerprint density at radius 3 is 2.81 bits per heavy atom. The van der Waals surface area contributed by atoms with Crippen molar-refractivity contribution in [3.63, 3.8) is 0 Å². The number of hydrogen-bond acceptors (Lipinski definition) is 3. The van der Waals surface area contributed by atoms with Crippen molar-refractivity contribution in [1.82, 2.24) is 10.2 Å². The molecule has 1 aromatic carbocycles. The molecular weight excluding hydrogens is 284 g/mol. The molecule has 1 aliphatic heterocycles. The maximum Gasteiger partial charge on any atom is 0.251 e. The van der Waals surface area contributed by atoms with Gasteiger partial charge in [-0.1, -0.05) is 18.2 Å². The SMILES string of the molecule is O=C(NCC(=O)N1CCc2sccc2C1)c1ccccc1. The molecule has 0 bridgehead atoms. The average molecular weight is 300 g/mol. The lowest BCUT2D eigenvalue weighted by Crippen LogP contribution is -2.42. The fourth-order valence-electron chi connectivity index (χ4n) is 2.42. The number of hydrogen-bond donors (Lipinski definition) is 1. The van der Waals surface area contributed by atoms with Crippen LogP contribution in [0.3, 0.4) is 0 Å². The van der Waals surface area contributed by atoms with Gasteiger partial charge in [0.25, 0.3) is 5.91 Å². The summed E-state index contributed by atoms with van der Waals surface area (Å²) in [5.41, 5.74) is 1.80. The van der Waals surface area contributed by atoms with Gasteiger partial charge in [-0.25, -0.2) is 0 Å². The highest BCUT2D eigenvalue weighted by Gasteiger charge is 2.21. The largest absolute Gasteiger partial charge is 0.343 e. The molecule has 3 rings (SSSR count). The van der Waals surface area contributed by atoms with E-state index in [1.807, 2.05) is 6.07 Å². The van der Waals surface area contributed by atoms with E-state index < -0.39 is 0 Å². The van der Waals surface area contributed by atoms with Gasteiger partial charge in [0.2, 0.25) is 5.91 Å². The van der Waals surface area contributed by atoms with Crippen LogP contribution < -0.4 is 5.32 Å². The van der Waals surface area contributed by atoms with Crippen molar-refractivity contribution >= 4 is 23.2 Å². The lowest BCUT2D eigenvalue weighted by atomic mass is 10.1. The zero-order valence-corrected chi connectivity index (χ0v) is 12.4. The van der Waals surface area contributed by atoms with Crippen LogP contribution in [0, 0.1) is 0 Å². The van der Waals surface area contributed by atoms with Crippen LogP contribution in [0.1, 0.15) is 20.8 Å². The second-order valence-electron chi connectivity index (χ2n) is 4.98. The van der Waals surface area contributed by atoms with Crippen molar-refractivity contribution in [2.24, 2.45) is 0 Å². The molecular formula is C16H16N2O2S. The minimum atomic E-state index is -0.211. The topological polar surface area (TPSA) is 49.4 Å². The number of nitrogens with zero attached hydrogens (tertiary/aromatic N) is 1. The molecule has 2 aromatic rings. The first-order valence-corrected chi connectivity index (χ1v) is 7.78. The van der Waals surface area contributed by atoms with E-state index in [1.54, 1.807) is 40.5 Å². The second-order valence-corrected chi connectivity index (χ2v) is 5.98. The van der Waals surface area contributed by atoms with Crippen LogP contribution in [-0.4, -0.2) is 29.8 Å². The molecule has 1 N–H and O–H groups in total. The number of benzene rings is 1. The molecule has 0 fully saturated rings. The summed E-state index contributed by atoms with van der Waals surface area (Å²) < 4.78 is 0. The van der Waals surface area contributed by atoms with Gasteiger partial charge in [-0.15, -0.1) is 11.3 Å². The molecule has 0 aliphatic carbocycles. The lowest BCUT2D eigenvalue weighted by Gasteiger charge is -2.27. The smallest absolute Gasteiger partial charge is 0.251 e. The molecule has 0 radical (unpaired) electrons.